The standard InChI is InChI=1S/C22H32O13S/c1-9(23)28-7-13-16(29-10(2)24)18(30-11(3)25)19(31-12(4)26)21(33-13)36-8-14-15(27)17-20(32-14)35-22(5,6)34-17/h13-21,27H,7-8H2,1-6H3/t13-,14-,15+,16-,17-,18+,19-,20-,21+/m1/s1. The van der Waals surface area contributed by atoms with Crippen molar-refractivity contribution in [3.63, 3.8) is 0 Å². The van der Waals surface area contributed by atoms with Crippen LogP contribution >= 0.6 is 11.8 Å². The van der Waals surface area contributed by atoms with Crippen molar-refractivity contribution in [2.24, 2.45) is 0 Å². The molecule has 0 unspecified atom stereocenters. The maximum absolute atomic E-state index is 11.9. The highest BCUT2D eigenvalue weighted by Crippen LogP contribution is 2.40. The minimum Gasteiger partial charge on any atom is -0.463 e. The number of aliphatic hydroxyl groups excluding tert-OH is 1. The van der Waals surface area contributed by atoms with Crippen LogP contribution in [0.2, 0.25) is 0 Å². The fourth-order valence-corrected chi connectivity index (χ4v) is 5.49. The van der Waals surface area contributed by atoms with Gasteiger partial charge in [0.15, 0.2) is 30.4 Å². The maximum atomic E-state index is 11.9. The van der Waals surface area contributed by atoms with Crippen LogP contribution in [0.4, 0.5) is 0 Å². The highest BCUT2D eigenvalue weighted by atomic mass is 32.2. The topological polar surface area (TPSA) is 162 Å². The van der Waals surface area contributed by atoms with Crippen LogP contribution in [0.15, 0.2) is 0 Å². The largest absolute Gasteiger partial charge is 0.463 e. The van der Waals surface area contributed by atoms with Crippen molar-refractivity contribution in [3.8, 4) is 0 Å². The summed E-state index contributed by atoms with van der Waals surface area (Å²) in [4.78, 5) is 47.1. The summed E-state index contributed by atoms with van der Waals surface area (Å²) in [6.45, 7) is 7.76. The van der Waals surface area contributed by atoms with Crippen LogP contribution in [0.1, 0.15) is 41.5 Å². The lowest BCUT2D eigenvalue weighted by Crippen LogP contribution is -2.61. The Morgan fingerprint density at radius 3 is 1.94 bits per heavy atom. The van der Waals surface area contributed by atoms with Crippen LogP contribution in [0.5, 0.6) is 0 Å². The van der Waals surface area contributed by atoms with Gasteiger partial charge in [-0.3, -0.25) is 19.2 Å². The first-order valence-corrected chi connectivity index (χ1v) is 12.4. The molecule has 3 heterocycles. The number of carbonyl (C=O) groups excluding carboxylic acids is 4. The van der Waals surface area contributed by atoms with Crippen LogP contribution in [-0.2, 0) is 57.1 Å². The summed E-state index contributed by atoms with van der Waals surface area (Å²) in [5, 5.41) is 10.7. The van der Waals surface area contributed by atoms with E-state index in [9.17, 15) is 24.3 Å². The number of esters is 4. The first-order valence-electron chi connectivity index (χ1n) is 11.4. The molecule has 3 aliphatic heterocycles. The fraction of sp³-hybridized carbons (Fsp3) is 0.818. The molecule has 9 atom stereocenters. The van der Waals surface area contributed by atoms with E-state index >= 15 is 0 Å². The SMILES string of the molecule is CC(=O)OC[C@H]1O[C@@H](SC[C@H]2O[C@@H]3OC(C)(C)O[C@@H]3[C@H]2O)[C@H](OC(C)=O)[C@@H](OC(C)=O)[C@@H]1OC(C)=O. The van der Waals surface area contributed by atoms with Crippen LogP contribution in [0.25, 0.3) is 0 Å². The van der Waals surface area contributed by atoms with Crippen LogP contribution in [0, 0.1) is 0 Å². The molecule has 0 aromatic carbocycles. The van der Waals surface area contributed by atoms with Gasteiger partial charge in [0.05, 0.1) is 6.10 Å². The number of ether oxygens (including phenoxy) is 8. The highest BCUT2D eigenvalue weighted by Gasteiger charge is 2.56. The third-order valence-corrected chi connectivity index (χ3v) is 6.72. The van der Waals surface area contributed by atoms with Crippen molar-refractivity contribution in [2.75, 3.05) is 12.4 Å². The molecule has 0 aromatic rings. The number of carbonyl (C=O) groups is 4. The monoisotopic (exact) mass is 536 g/mol. The number of hydrogen-bond donors (Lipinski definition) is 1. The van der Waals surface area contributed by atoms with Gasteiger partial charge in [0.2, 0.25) is 0 Å². The minimum absolute atomic E-state index is 0.148. The predicted molar refractivity (Wildman–Crippen MR) is 119 cm³/mol. The molecular formula is C22H32O13S. The van der Waals surface area contributed by atoms with Gasteiger partial charge in [-0.1, -0.05) is 0 Å². The quantitative estimate of drug-likeness (QED) is 0.327. The predicted octanol–water partition coefficient (Wildman–Crippen LogP) is 0.0400. The van der Waals surface area contributed by atoms with Gasteiger partial charge in [-0.05, 0) is 13.8 Å². The Kier molecular flexibility index (Phi) is 9.22. The number of thioether (sulfide) groups is 1. The van der Waals surface area contributed by atoms with Crippen molar-refractivity contribution in [1.29, 1.82) is 0 Å². The molecule has 3 aliphatic rings. The van der Waals surface area contributed by atoms with E-state index in [1.807, 2.05) is 0 Å². The van der Waals surface area contributed by atoms with Gasteiger partial charge >= 0.3 is 23.9 Å². The van der Waals surface area contributed by atoms with E-state index in [-0.39, 0.29) is 12.4 Å². The molecule has 0 amide bonds. The molecule has 0 bridgehead atoms. The summed E-state index contributed by atoms with van der Waals surface area (Å²) in [6.07, 6.45) is -7.89. The first kappa shape index (κ1) is 28.6. The third-order valence-electron chi connectivity index (χ3n) is 5.49. The highest BCUT2D eigenvalue weighted by molar-refractivity contribution is 7.99. The molecule has 0 spiro atoms. The lowest BCUT2D eigenvalue weighted by molar-refractivity contribution is -0.237. The zero-order valence-corrected chi connectivity index (χ0v) is 21.7. The van der Waals surface area contributed by atoms with E-state index < -0.39 is 84.1 Å². The van der Waals surface area contributed by atoms with E-state index in [4.69, 9.17) is 37.9 Å². The van der Waals surface area contributed by atoms with E-state index in [0.29, 0.717) is 0 Å². The van der Waals surface area contributed by atoms with Gasteiger partial charge in [0.25, 0.3) is 0 Å². The second-order valence-electron chi connectivity index (χ2n) is 9.03. The molecule has 3 fully saturated rings. The zero-order valence-electron chi connectivity index (χ0n) is 20.9. The molecule has 13 nitrogen and oxygen atoms in total. The molecule has 3 saturated heterocycles. The van der Waals surface area contributed by atoms with Crippen molar-refractivity contribution in [1.82, 2.24) is 0 Å². The van der Waals surface area contributed by atoms with E-state index in [2.05, 4.69) is 0 Å². The molecule has 36 heavy (non-hydrogen) atoms. The van der Waals surface area contributed by atoms with E-state index in [1.54, 1.807) is 13.8 Å². The van der Waals surface area contributed by atoms with Crippen molar-refractivity contribution in [3.05, 3.63) is 0 Å². The Balaban J connectivity index is 1.80. The second kappa shape index (κ2) is 11.6. The fourth-order valence-electron chi connectivity index (χ4n) is 4.21. The van der Waals surface area contributed by atoms with Crippen molar-refractivity contribution >= 4 is 35.6 Å². The van der Waals surface area contributed by atoms with Crippen LogP contribution in [0.3, 0.4) is 0 Å². The molecule has 0 aromatic heterocycles. The Morgan fingerprint density at radius 1 is 0.806 bits per heavy atom. The van der Waals surface area contributed by atoms with Crippen molar-refractivity contribution in [2.45, 2.75) is 102 Å². The zero-order chi connectivity index (χ0) is 26.8. The molecule has 14 heteroatoms. The van der Waals surface area contributed by atoms with Gasteiger partial charge in [-0.15, -0.1) is 11.8 Å². The molecule has 0 saturated carbocycles. The van der Waals surface area contributed by atoms with Gasteiger partial charge in [0.1, 0.15) is 30.4 Å². The number of fused-ring (bicyclic) bond motifs is 1. The molecule has 0 radical (unpaired) electrons. The van der Waals surface area contributed by atoms with E-state index in [1.165, 1.54) is 13.8 Å². The van der Waals surface area contributed by atoms with Gasteiger partial charge in [-0.25, -0.2) is 0 Å². The van der Waals surface area contributed by atoms with Gasteiger partial charge < -0.3 is 43.0 Å². The lowest BCUT2D eigenvalue weighted by Gasteiger charge is -2.44. The maximum Gasteiger partial charge on any atom is 0.303 e. The summed E-state index contributed by atoms with van der Waals surface area (Å²) in [6, 6.07) is 0. The smallest absolute Gasteiger partial charge is 0.303 e. The second-order valence-corrected chi connectivity index (χ2v) is 10.2. The summed E-state index contributed by atoms with van der Waals surface area (Å²) < 4.78 is 44.5. The average molecular weight is 537 g/mol. The Labute approximate surface area is 212 Å². The molecule has 3 rings (SSSR count). The summed E-state index contributed by atoms with van der Waals surface area (Å²) in [5.74, 6) is -3.47. The minimum atomic E-state index is -1.26. The van der Waals surface area contributed by atoms with E-state index in [0.717, 1.165) is 25.6 Å². The van der Waals surface area contributed by atoms with Crippen molar-refractivity contribution < 1.29 is 62.2 Å². The van der Waals surface area contributed by atoms with Crippen LogP contribution in [-0.4, -0.2) is 102 Å². The molecule has 1 N–H and O–H groups in total. The molecule has 204 valence electrons. The van der Waals surface area contributed by atoms with Gasteiger partial charge in [0, 0.05) is 33.4 Å². The first-order chi connectivity index (χ1) is 16.8. The normalized spacial score (nSPS) is 37.0. The van der Waals surface area contributed by atoms with Crippen LogP contribution < -0.4 is 0 Å². The Hall–Kier alpha value is -1.97. The average Bonchev–Trinajstić information content (AvgIpc) is 3.19. The van der Waals surface area contributed by atoms with Gasteiger partial charge in [-0.2, -0.15) is 0 Å². The summed E-state index contributed by atoms with van der Waals surface area (Å²) in [5.41, 5.74) is -0.972. The summed E-state index contributed by atoms with van der Waals surface area (Å²) in [7, 11) is 0. The Morgan fingerprint density at radius 2 is 1.39 bits per heavy atom. The lowest BCUT2D eigenvalue weighted by atomic mass is 9.99. The molecule has 0 aliphatic carbocycles. The number of aliphatic hydroxyl groups is 1. The number of hydrogen-bond acceptors (Lipinski definition) is 14. The number of rotatable bonds is 8. The summed E-state index contributed by atoms with van der Waals surface area (Å²) >= 11 is 1.11. The Bertz CT molecular complexity index is 848. The molecular weight excluding hydrogens is 504 g/mol. The third kappa shape index (κ3) is 7.07.